The molecule has 0 saturated heterocycles. The van der Waals surface area contributed by atoms with Crippen molar-refractivity contribution in [2.75, 3.05) is 13.1 Å². The average molecular weight is 593 g/mol. The van der Waals surface area contributed by atoms with Crippen molar-refractivity contribution in [3.63, 3.8) is 0 Å². The van der Waals surface area contributed by atoms with Gasteiger partial charge in [-0.25, -0.2) is 4.39 Å². The number of allylic oxidation sites excluding steroid dienone is 1. The maximum absolute atomic E-state index is 14.9. The lowest BCUT2D eigenvalue weighted by Crippen LogP contribution is -2.41. The summed E-state index contributed by atoms with van der Waals surface area (Å²) in [7, 11) is 0. The van der Waals surface area contributed by atoms with E-state index in [0.717, 1.165) is 12.1 Å². The summed E-state index contributed by atoms with van der Waals surface area (Å²) in [6.45, 7) is -0.0172. The van der Waals surface area contributed by atoms with Gasteiger partial charge in [-0.15, -0.1) is 0 Å². The van der Waals surface area contributed by atoms with E-state index >= 15 is 0 Å². The highest BCUT2D eigenvalue weighted by atomic mass is 35.5. The molecule has 0 aromatic heterocycles. The van der Waals surface area contributed by atoms with Crippen molar-refractivity contribution < 1.29 is 53.5 Å². The van der Waals surface area contributed by atoms with Crippen molar-refractivity contribution in [1.82, 2.24) is 10.6 Å². The Bertz CT molecular complexity index is 1240. The number of hydrogen-bond acceptors (Lipinski definition) is 2. The van der Waals surface area contributed by atoms with Crippen molar-refractivity contribution >= 4 is 29.2 Å². The van der Waals surface area contributed by atoms with Crippen molar-refractivity contribution in [2.45, 2.75) is 38.3 Å². The quantitative estimate of drug-likeness (QED) is 0.339. The molecule has 2 aromatic rings. The highest BCUT2D eigenvalue weighted by Crippen LogP contribution is 2.41. The minimum Gasteiger partial charge on any atom is -0.345 e. The smallest absolute Gasteiger partial charge is 0.345 e. The number of alkyl halides is 9. The topological polar surface area (TPSA) is 58.2 Å². The summed E-state index contributed by atoms with van der Waals surface area (Å²) in [5.74, 6) is -7.13. The van der Waals surface area contributed by atoms with Gasteiger partial charge in [0.15, 0.2) is 0 Å². The zero-order valence-electron chi connectivity index (χ0n) is 19.9. The number of rotatable bonds is 7. The Morgan fingerprint density at radius 1 is 0.923 bits per heavy atom. The van der Waals surface area contributed by atoms with Gasteiger partial charge in [-0.1, -0.05) is 29.8 Å². The molecule has 0 saturated carbocycles. The number of carbonyl (C=O) groups is 2. The van der Waals surface area contributed by atoms with Crippen LogP contribution < -0.4 is 10.6 Å². The van der Waals surface area contributed by atoms with Crippen LogP contribution >= 0.6 is 11.6 Å². The van der Waals surface area contributed by atoms with Gasteiger partial charge in [0.05, 0.1) is 17.7 Å². The van der Waals surface area contributed by atoms with Crippen LogP contribution in [0.2, 0.25) is 5.02 Å². The van der Waals surface area contributed by atoms with E-state index < -0.39 is 77.4 Å². The van der Waals surface area contributed by atoms with E-state index in [0.29, 0.717) is 12.1 Å². The van der Waals surface area contributed by atoms with E-state index in [9.17, 15) is 53.5 Å². The standard InChI is InChI=1S/C24H19ClF10N2O2/c1-11-5-14(6-12(2)20(11)25)16(23(30,31)32)8-18(26)13-3-4-15(17(7-13)24(33,34)35)21(39)36-9-19(38)37-10-22(27,28)29/h3-8,16H,9-10H2,1-2H3,(H,36,39)(H,37,38)/b18-8-. The van der Waals surface area contributed by atoms with Crippen LogP contribution in [0.5, 0.6) is 0 Å². The van der Waals surface area contributed by atoms with Gasteiger partial charge in [0.1, 0.15) is 18.3 Å². The Morgan fingerprint density at radius 3 is 1.97 bits per heavy atom. The fourth-order valence-corrected chi connectivity index (χ4v) is 3.53. The molecular formula is C24H19ClF10N2O2. The van der Waals surface area contributed by atoms with E-state index in [-0.39, 0.29) is 28.3 Å². The van der Waals surface area contributed by atoms with Gasteiger partial charge in [0.25, 0.3) is 5.91 Å². The van der Waals surface area contributed by atoms with Crippen LogP contribution in [0, 0.1) is 13.8 Å². The maximum Gasteiger partial charge on any atom is 0.417 e. The first-order valence-electron chi connectivity index (χ1n) is 10.7. The van der Waals surface area contributed by atoms with Crippen LogP contribution in [-0.2, 0) is 11.0 Å². The van der Waals surface area contributed by atoms with E-state index in [2.05, 4.69) is 0 Å². The van der Waals surface area contributed by atoms with Gasteiger partial charge in [0.2, 0.25) is 5.91 Å². The van der Waals surface area contributed by atoms with Crippen molar-refractivity contribution in [1.29, 1.82) is 0 Å². The monoisotopic (exact) mass is 592 g/mol. The second-order valence-corrected chi connectivity index (χ2v) is 8.71. The first-order chi connectivity index (χ1) is 17.7. The summed E-state index contributed by atoms with van der Waals surface area (Å²) in [5, 5.41) is 3.28. The lowest BCUT2D eigenvalue weighted by Gasteiger charge is -2.20. The third kappa shape index (κ3) is 8.87. The lowest BCUT2D eigenvalue weighted by atomic mass is 9.93. The summed E-state index contributed by atoms with van der Waals surface area (Å²) in [4.78, 5) is 23.6. The Kier molecular flexibility index (Phi) is 9.69. The van der Waals surface area contributed by atoms with Crippen LogP contribution in [0.25, 0.3) is 5.83 Å². The molecule has 214 valence electrons. The number of halogens is 11. The predicted molar refractivity (Wildman–Crippen MR) is 122 cm³/mol. The van der Waals surface area contributed by atoms with Gasteiger partial charge < -0.3 is 10.6 Å². The summed E-state index contributed by atoms with van der Waals surface area (Å²) in [6, 6.07) is 3.32. The molecule has 2 amide bonds. The summed E-state index contributed by atoms with van der Waals surface area (Å²) in [6.07, 6.45) is -15.0. The second-order valence-electron chi connectivity index (χ2n) is 8.34. The third-order valence-electron chi connectivity index (χ3n) is 5.22. The molecule has 2 aromatic carbocycles. The zero-order chi connectivity index (χ0) is 29.9. The van der Waals surface area contributed by atoms with Crippen LogP contribution in [-0.4, -0.2) is 37.3 Å². The number of benzene rings is 2. The van der Waals surface area contributed by atoms with E-state index in [4.69, 9.17) is 11.6 Å². The molecule has 0 aliphatic rings. The predicted octanol–water partition coefficient (Wildman–Crippen LogP) is 7.04. The highest BCUT2D eigenvalue weighted by Gasteiger charge is 2.41. The molecule has 2 N–H and O–H groups in total. The molecule has 0 heterocycles. The average Bonchev–Trinajstić information content (AvgIpc) is 2.80. The molecule has 4 nitrogen and oxygen atoms in total. The number of hydrogen-bond donors (Lipinski definition) is 2. The van der Waals surface area contributed by atoms with Gasteiger partial charge >= 0.3 is 18.5 Å². The normalized spacial score (nSPS) is 13.7. The molecule has 0 radical (unpaired) electrons. The largest absolute Gasteiger partial charge is 0.417 e. The molecule has 39 heavy (non-hydrogen) atoms. The first kappa shape index (κ1) is 31.9. The van der Waals surface area contributed by atoms with Gasteiger partial charge in [-0.3, -0.25) is 9.59 Å². The van der Waals surface area contributed by atoms with Crippen molar-refractivity contribution in [3.05, 3.63) is 74.8 Å². The van der Waals surface area contributed by atoms with Gasteiger partial charge in [0, 0.05) is 10.6 Å². The third-order valence-corrected chi connectivity index (χ3v) is 5.82. The second kappa shape index (κ2) is 11.8. The SMILES string of the molecule is Cc1cc(C(/C=C(\F)c2ccc(C(=O)NCC(=O)NCC(F)(F)F)c(C(F)(F)F)c2)C(F)(F)F)cc(C)c1Cl. The van der Waals surface area contributed by atoms with Crippen molar-refractivity contribution in [2.24, 2.45) is 0 Å². The Hall–Kier alpha value is -3.29. The number of nitrogens with one attached hydrogen (secondary N) is 2. The number of aryl methyl sites for hydroxylation is 2. The molecule has 0 aliphatic carbocycles. The van der Waals surface area contributed by atoms with E-state index in [1.54, 1.807) is 5.32 Å². The Balaban J connectivity index is 2.41. The van der Waals surface area contributed by atoms with E-state index in [1.807, 2.05) is 0 Å². The minimum atomic E-state index is -5.30. The number of amides is 2. The van der Waals surface area contributed by atoms with Crippen LogP contribution in [0.3, 0.4) is 0 Å². The Morgan fingerprint density at radius 2 is 1.49 bits per heavy atom. The summed E-state index contributed by atoms with van der Waals surface area (Å²) in [5.41, 5.74) is -3.71. The maximum atomic E-state index is 14.9. The molecule has 0 fully saturated rings. The number of carbonyl (C=O) groups excluding carboxylic acids is 2. The molecule has 1 unspecified atom stereocenters. The van der Waals surface area contributed by atoms with Gasteiger partial charge in [-0.2, -0.15) is 39.5 Å². The molecule has 15 heteroatoms. The molecule has 2 rings (SSSR count). The fourth-order valence-electron chi connectivity index (χ4n) is 3.42. The summed E-state index contributed by atoms with van der Waals surface area (Å²) < 4.78 is 134. The first-order valence-corrected chi connectivity index (χ1v) is 11.1. The van der Waals surface area contributed by atoms with E-state index in [1.165, 1.54) is 19.2 Å². The highest BCUT2D eigenvalue weighted by molar-refractivity contribution is 6.32. The van der Waals surface area contributed by atoms with Crippen LogP contribution in [0.15, 0.2) is 36.4 Å². The molecular weight excluding hydrogens is 574 g/mol. The zero-order valence-corrected chi connectivity index (χ0v) is 20.7. The lowest BCUT2D eigenvalue weighted by molar-refractivity contribution is -0.140. The van der Waals surface area contributed by atoms with Gasteiger partial charge in [-0.05, 0) is 48.7 Å². The summed E-state index contributed by atoms with van der Waals surface area (Å²) >= 11 is 5.97. The van der Waals surface area contributed by atoms with Crippen LogP contribution in [0.1, 0.15) is 44.1 Å². The molecule has 1 atom stereocenters. The molecule has 0 aliphatic heterocycles. The molecule has 0 bridgehead atoms. The van der Waals surface area contributed by atoms with Crippen LogP contribution in [0.4, 0.5) is 43.9 Å². The Labute approximate surface area is 220 Å². The minimum absolute atomic E-state index is 0.0857. The fraction of sp³-hybridized carbons (Fsp3) is 0.333. The molecule has 0 spiro atoms. The van der Waals surface area contributed by atoms with Crippen molar-refractivity contribution in [3.8, 4) is 0 Å².